The standard InChI is InChI=1S/C13H18N4O2/c1-3-8-14-13(18)17-9-6-4-5-7-11(17)12-15-10(2)19-16-12/h1,11H,4-9H2,2H3,(H,14,18)/t11-/m0/s1. The van der Waals surface area contributed by atoms with Gasteiger partial charge in [-0.3, -0.25) is 0 Å². The Bertz CT molecular complexity index is 477. The number of hydrogen-bond donors (Lipinski definition) is 1. The van der Waals surface area contributed by atoms with Crippen molar-refractivity contribution >= 4 is 6.03 Å². The van der Waals surface area contributed by atoms with E-state index in [0.29, 0.717) is 18.3 Å². The highest BCUT2D eigenvalue weighted by atomic mass is 16.5. The molecule has 1 aromatic rings. The first-order valence-corrected chi connectivity index (χ1v) is 6.50. The normalized spacial score (nSPS) is 19.6. The van der Waals surface area contributed by atoms with Gasteiger partial charge in [0.15, 0.2) is 5.82 Å². The third kappa shape index (κ3) is 3.25. The molecule has 1 aliphatic heterocycles. The number of nitrogens with zero attached hydrogens (tertiary/aromatic N) is 3. The van der Waals surface area contributed by atoms with Gasteiger partial charge in [0, 0.05) is 13.5 Å². The van der Waals surface area contributed by atoms with Crippen LogP contribution in [0.4, 0.5) is 4.79 Å². The highest BCUT2D eigenvalue weighted by Gasteiger charge is 2.29. The Balaban J connectivity index is 2.16. The van der Waals surface area contributed by atoms with E-state index in [0.717, 1.165) is 25.7 Å². The van der Waals surface area contributed by atoms with Gasteiger partial charge in [-0.2, -0.15) is 4.98 Å². The molecule has 102 valence electrons. The van der Waals surface area contributed by atoms with Crippen LogP contribution in [0.3, 0.4) is 0 Å². The smallest absolute Gasteiger partial charge is 0.318 e. The number of nitrogens with one attached hydrogen (secondary N) is 1. The average molecular weight is 262 g/mol. The van der Waals surface area contributed by atoms with Gasteiger partial charge in [0.1, 0.15) is 0 Å². The van der Waals surface area contributed by atoms with Crippen LogP contribution < -0.4 is 5.32 Å². The van der Waals surface area contributed by atoms with Gasteiger partial charge in [0.25, 0.3) is 0 Å². The number of amides is 2. The topological polar surface area (TPSA) is 71.3 Å². The first kappa shape index (κ1) is 13.4. The van der Waals surface area contributed by atoms with Gasteiger partial charge in [0.2, 0.25) is 5.89 Å². The van der Waals surface area contributed by atoms with Gasteiger partial charge in [-0.05, 0) is 12.8 Å². The van der Waals surface area contributed by atoms with Crippen LogP contribution in [0.1, 0.15) is 43.4 Å². The average Bonchev–Trinajstić information content (AvgIpc) is 2.69. The third-order valence-corrected chi connectivity index (χ3v) is 3.20. The number of carbonyl (C=O) groups is 1. The van der Waals surface area contributed by atoms with E-state index in [1.807, 2.05) is 0 Å². The Kier molecular flexibility index (Phi) is 4.39. The molecule has 0 spiro atoms. The molecule has 2 heterocycles. The third-order valence-electron chi connectivity index (χ3n) is 3.20. The largest absolute Gasteiger partial charge is 0.340 e. The highest BCUT2D eigenvalue weighted by molar-refractivity contribution is 5.75. The fourth-order valence-corrected chi connectivity index (χ4v) is 2.30. The molecule has 0 saturated carbocycles. The Hall–Kier alpha value is -2.03. The minimum Gasteiger partial charge on any atom is -0.340 e. The molecule has 0 radical (unpaired) electrons. The van der Waals surface area contributed by atoms with Gasteiger partial charge < -0.3 is 14.7 Å². The maximum atomic E-state index is 12.1. The molecule has 6 heteroatoms. The number of rotatable bonds is 2. The molecule has 0 unspecified atom stereocenters. The summed E-state index contributed by atoms with van der Waals surface area (Å²) in [7, 11) is 0. The number of hydrogen-bond acceptors (Lipinski definition) is 4. The monoisotopic (exact) mass is 262 g/mol. The van der Waals surface area contributed by atoms with Crippen molar-refractivity contribution in [3.05, 3.63) is 11.7 Å². The number of aryl methyl sites for hydroxylation is 1. The zero-order valence-electron chi connectivity index (χ0n) is 11.1. The minimum atomic E-state index is -0.160. The first-order valence-electron chi connectivity index (χ1n) is 6.50. The number of likely N-dealkylation sites (tertiary alicyclic amines) is 1. The van der Waals surface area contributed by atoms with Crippen LogP contribution in [0.2, 0.25) is 0 Å². The first-order chi connectivity index (χ1) is 9.22. The zero-order valence-corrected chi connectivity index (χ0v) is 11.1. The van der Waals surface area contributed by atoms with Gasteiger partial charge in [0.05, 0.1) is 12.6 Å². The summed E-state index contributed by atoms with van der Waals surface area (Å²) in [5.41, 5.74) is 0. The predicted octanol–water partition coefficient (Wildman–Crippen LogP) is 1.64. The fourth-order valence-electron chi connectivity index (χ4n) is 2.30. The summed E-state index contributed by atoms with van der Waals surface area (Å²) in [4.78, 5) is 18.1. The summed E-state index contributed by atoms with van der Waals surface area (Å²) < 4.78 is 5.02. The number of carbonyl (C=O) groups excluding carboxylic acids is 1. The van der Waals surface area contributed by atoms with E-state index in [-0.39, 0.29) is 18.6 Å². The molecule has 1 fully saturated rings. The second-order valence-corrected chi connectivity index (χ2v) is 4.59. The molecule has 2 rings (SSSR count). The molecule has 1 atom stereocenters. The summed E-state index contributed by atoms with van der Waals surface area (Å²) in [6, 6.07) is -0.287. The molecular formula is C13H18N4O2. The summed E-state index contributed by atoms with van der Waals surface area (Å²) in [6.45, 7) is 2.66. The van der Waals surface area contributed by atoms with Crippen molar-refractivity contribution in [1.29, 1.82) is 0 Å². The van der Waals surface area contributed by atoms with Gasteiger partial charge in [-0.15, -0.1) is 6.42 Å². The van der Waals surface area contributed by atoms with Crippen molar-refractivity contribution in [3.63, 3.8) is 0 Å². The SMILES string of the molecule is C#CCNC(=O)N1CCCCC[C@H]1c1noc(C)n1. The van der Waals surface area contributed by atoms with Crippen LogP contribution in [0, 0.1) is 19.3 Å². The van der Waals surface area contributed by atoms with Crippen molar-refractivity contribution in [1.82, 2.24) is 20.4 Å². The Morgan fingerprint density at radius 2 is 2.42 bits per heavy atom. The summed E-state index contributed by atoms with van der Waals surface area (Å²) >= 11 is 0. The second-order valence-electron chi connectivity index (χ2n) is 4.59. The molecule has 19 heavy (non-hydrogen) atoms. The molecule has 1 aliphatic rings. The fraction of sp³-hybridized carbons (Fsp3) is 0.615. The van der Waals surface area contributed by atoms with E-state index in [1.165, 1.54) is 0 Å². The maximum Gasteiger partial charge on any atom is 0.318 e. The van der Waals surface area contributed by atoms with Crippen LogP contribution in [0.25, 0.3) is 0 Å². The van der Waals surface area contributed by atoms with E-state index in [4.69, 9.17) is 10.9 Å². The molecule has 0 bridgehead atoms. The van der Waals surface area contributed by atoms with E-state index < -0.39 is 0 Å². The lowest BCUT2D eigenvalue weighted by atomic mass is 10.1. The van der Waals surface area contributed by atoms with Crippen LogP contribution in [0.5, 0.6) is 0 Å². The van der Waals surface area contributed by atoms with Gasteiger partial charge in [-0.25, -0.2) is 4.79 Å². The number of terminal acetylenes is 1. The Labute approximate surface area is 112 Å². The summed E-state index contributed by atoms with van der Waals surface area (Å²) in [5, 5.41) is 6.65. The van der Waals surface area contributed by atoms with Gasteiger partial charge >= 0.3 is 6.03 Å². The van der Waals surface area contributed by atoms with Crippen molar-refractivity contribution in [3.8, 4) is 12.3 Å². The molecule has 1 N–H and O–H groups in total. The Morgan fingerprint density at radius 1 is 1.58 bits per heavy atom. The number of aromatic nitrogens is 2. The van der Waals surface area contributed by atoms with Crippen LogP contribution in [-0.2, 0) is 0 Å². The maximum absolute atomic E-state index is 12.1. The number of urea groups is 1. The van der Waals surface area contributed by atoms with E-state index >= 15 is 0 Å². The van der Waals surface area contributed by atoms with Crippen LogP contribution in [0.15, 0.2) is 4.52 Å². The molecule has 1 aromatic heterocycles. The van der Waals surface area contributed by atoms with Crippen molar-refractivity contribution in [2.45, 2.75) is 38.6 Å². The van der Waals surface area contributed by atoms with Gasteiger partial charge in [-0.1, -0.05) is 23.9 Å². The molecular weight excluding hydrogens is 244 g/mol. The van der Waals surface area contributed by atoms with Crippen LogP contribution in [-0.4, -0.2) is 34.2 Å². The predicted molar refractivity (Wildman–Crippen MR) is 69.2 cm³/mol. The Morgan fingerprint density at radius 3 is 3.11 bits per heavy atom. The second kappa shape index (κ2) is 6.23. The molecule has 1 saturated heterocycles. The summed E-state index contributed by atoms with van der Waals surface area (Å²) in [6.07, 6.45) is 9.15. The summed E-state index contributed by atoms with van der Waals surface area (Å²) in [5.74, 6) is 3.50. The molecule has 0 aromatic carbocycles. The lowest BCUT2D eigenvalue weighted by Gasteiger charge is -2.27. The van der Waals surface area contributed by atoms with Crippen molar-refractivity contribution in [2.24, 2.45) is 0 Å². The molecule has 2 amide bonds. The van der Waals surface area contributed by atoms with E-state index in [2.05, 4.69) is 21.4 Å². The van der Waals surface area contributed by atoms with E-state index in [9.17, 15) is 4.79 Å². The van der Waals surface area contributed by atoms with Crippen molar-refractivity contribution in [2.75, 3.05) is 13.1 Å². The van der Waals surface area contributed by atoms with E-state index in [1.54, 1.807) is 11.8 Å². The lowest BCUT2D eigenvalue weighted by Crippen LogP contribution is -2.42. The zero-order chi connectivity index (χ0) is 13.7. The quantitative estimate of drug-likeness (QED) is 0.822. The van der Waals surface area contributed by atoms with Crippen molar-refractivity contribution < 1.29 is 9.32 Å². The molecule has 6 nitrogen and oxygen atoms in total. The highest BCUT2D eigenvalue weighted by Crippen LogP contribution is 2.28. The lowest BCUT2D eigenvalue weighted by molar-refractivity contribution is 0.172. The van der Waals surface area contributed by atoms with Crippen LogP contribution >= 0.6 is 0 Å². The minimum absolute atomic E-state index is 0.127. The molecule has 0 aliphatic carbocycles.